The third-order valence-electron chi connectivity index (χ3n) is 2.07. The summed E-state index contributed by atoms with van der Waals surface area (Å²) in [5, 5.41) is 2.32. The summed E-state index contributed by atoms with van der Waals surface area (Å²) in [4.78, 5) is 11.1. The van der Waals surface area contributed by atoms with Crippen molar-refractivity contribution in [2.24, 2.45) is 0 Å². The number of alkyl halides is 3. The number of carbonyl (C=O) groups excluding carboxylic acids is 1. The van der Waals surface area contributed by atoms with Crippen molar-refractivity contribution in [1.82, 2.24) is 5.32 Å². The number of benzene rings is 1. The number of ether oxygens (including phenoxy) is 1. The second-order valence-electron chi connectivity index (χ2n) is 3.58. The summed E-state index contributed by atoms with van der Waals surface area (Å²) in [5.74, 6) is 0. The maximum absolute atomic E-state index is 11.8. The molecule has 1 aromatic rings. The van der Waals surface area contributed by atoms with Crippen LogP contribution in [0, 0.1) is 0 Å². The van der Waals surface area contributed by atoms with Gasteiger partial charge in [-0.3, -0.25) is 0 Å². The molecule has 100 valence electrons. The number of hydrogen-bond donors (Lipinski definition) is 1. The Kier molecular flexibility index (Phi) is 5.01. The highest BCUT2D eigenvalue weighted by Gasteiger charge is 2.29. The Morgan fingerprint density at radius 1 is 1.44 bits per heavy atom. The Bertz CT molecular complexity index is 423. The molecule has 0 aliphatic carbocycles. The van der Waals surface area contributed by atoms with E-state index in [9.17, 15) is 18.0 Å². The van der Waals surface area contributed by atoms with Crippen LogP contribution in [-0.4, -0.2) is 18.9 Å². The topological polar surface area (TPSA) is 38.3 Å². The smallest absolute Gasteiger partial charge is 0.422 e. The van der Waals surface area contributed by atoms with E-state index in [1.54, 1.807) is 31.2 Å². The van der Waals surface area contributed by atoms with Crippen LogP contribution in [0.2, 0.25) is 0 Å². The average molecular weight is 326 g/mol. The van der Waals surface area contributed by atoms with Crippen molar-refractivity contribution >= 4 is 22.0 Å². The van der Waals surface area contributed by atoms with E-state index in [2.05, 4.69) is 26.0 Å². The third kappa shape index (κ3) is 4.95. The lowest BCUT2D eigenvalue weighted by molar-refractivity contribution is -0.160. The molecule has 1 atom stereocenters. The van der Waals surface area contributed by atoms with Crippen molar-refractivity contribution in [2.45, 2.75) is 19.1 Å². The van der Waals surface area contributed by atoms with Crippen LogP contribution in [0.3, 0.4) is 0 Å². The largest absolute Gasteiger partial charge is 0.440 e. The van der Waals surface area contributed by atoms with E-state index in [-0.39, 0.29) is 0 Å². The molecule has 0 unspecified atom stereocenters. The summed E-state index contributed by atoms with van der Waals surface area (Å²) in [6, 6.07) is 6.62. The second-order valence-corrected chi connectivity index (χ2v) is 4.43. The van der Waals surface area contributed by atoms with E-state index in [4.69, 9.17) is 0 Å². The predicted octanol–water partition coefficient (Wildman–Crippen LogP) is 3.80. The van der Waals surface area contributed by atoms with Crippen molar-refractivity contribution in [3.8, 4) is 0 Å². The van der Waals surface area contributed by atoms with E-state index in [1.807, 2.05) is 0 Å². The van der Waals surface area contributed by atoms with Crippen molar-refractivity contribution < 1.29 is 22.7 Å². The molecule has 0 saturated carbocycles. The fraction of sp³-hybridized carbons (Fsp3) is 0.364. The first-order chi connectivity index (χ1) is 8.29. The lowest BCUT2D eigenvalue weighted by atomic mass is 10.1. The zero-order chi connectivity index (χ0) is 13.8. The van der Waals surface area contributed by atoms with Crippen molar-refractivity contribution in [1.29, 1.82) is 0 Å². The van der Waals surface area contributed by atoms with Crippen LogP contribution in [-0.2, 0) is 4.74 Å². The molecule has 0 aliphatic rings. The summed E-state index contributed by atoms with van der Waals surface area (Å²) in [7, 11) is 0. The van der Waals surface area contributed by atoms with E-state index >= 15 is 0 Å². The van der Waals surface area contributed by atoms with Gasteiger partial charge < -0.3 is 10.1 Å². The number of amides is 1. The van der Waals surface area contributed by atoms with E-state index < -0.39 is 24.9 Å². The molecule has 1 amide bonds. The molecule has 0 aromatic heterocycles. The fourth-order valence-corrected chi connectivity index (χ4v) is 1.90. The number of halogens is 4. The van der Waals surface area contributed by atoms with Gasteiger partial charge in [-0.15, -0.1) is 0 Å². The van der Waals surface area contributed by atoms with Gasteiger partial charge in [0.1, 0.15) is 0 Å². The highest BCUT2D eigenvalue weighted by molar-refractivity contribution is 9.10. The van der Waals surface area contributed by atoms with Crippen LogP contribution < -0.4 is 5.32 Å². The highest BCUT2D eigenvalue weighted by Crippen LogP contribution is 2.22. The number of nitrogens with one attached hydrogen (secondary N) is 1. The predicted molar refractivity (Wildman–Crippen MR) is 63.1 cm³/mol. The van der Waals surface area contributed by atoms with Crippen molar-refractivity contribution in [2.75, 3.05) is 6.61 Å². The first-order valence-corrected chi connectivity index (χ1v) is 5.83. The minimum atomic E-state index is -4.52. The summed E-state index contributed by atoms with van der Waals surface area (Å²) >= 11 is 3.29. The Morgan fingerprint density at radius 3 is 2.61 bits per heavy atom. The lowest BCUT2D eigenvalue weighted by Gasteiger charge is -2.16. The average Bonchev–Trinajstić information content (AvgIpc) is 2.26. The first kappa shape index (κ1) is 14.8. The van der Waals surface area contributed by atoms with Gasteiger partial charge in [-0.1, -0.05) is 34.1 Å². The van der Waals surface area contributed by atoms with Gasteiger partial charge in [0, 0.05) is 4.47 Å². The van der Waals surface area contributed by atoms with E-state index in [0.29, 0.717) is 0 Å². The fourth-order valence-electron chi connectivity index (χ4n) is 1.27. The third-order valence-corrected chi connectivity index (χ3v) is 2.80. The van der Waals surface area contributed by atoms with E-state index in [1.165, 1.54) is 0 Å². The van der Waals surface area contributed by atoms with Crippen LogP contribution in [0.1, 0.15) is 18.5 Å². The van der Waals surface area contributed by atoms with Crippen molar-refractivity contribution in [3.05, 3.63) is 34.3 Å². The van der Waals surface area contributed by atoms with Gasteiger partial charge >= 0.3 is 12.3 Å². The Hall–Kier alpha value is -1.24. The molecule has 0 aliphatic heterocycles. The highest BCUT2D eigenvalue weighted by atomic mass is 79.9. The molecule has 7 heteroatoms. The molecule has 1 rings (SSSR count). The monoisotopic (exact) mass is 325 g/mol. The number of alkyl carbamates (subject to hydrolysis) is 1. The normalized spacial score (nSPS) is 12.9. The molecule has 0 fully saturated rings. The molecule has 1 N–H and O–H groups in total. The molecular formula is C11H11BrF3NO2. The van der Waals surface area contributed by atoms with Gasteiger partial charge in [0.15, 0.2) is 6.61 Å². The second kappa shape index (κ2) is 6.08. The summed E-state index contributed by atoms with van der Waals surface area (Å²) in [6.45, 7) is 0.0520. The molecule has 0 bridgehead atoms. The number of hydrogen-bond acceptors (Lipinski definition) is 2. The van der Waals surface area contributed by atoms with Crippen LogP contribution in [0.25, 0.3) is 0 Å². The zero-order valence-electron chi connectivity index (χ0n) is 9.42. The van der Waals surface area contributed by atoms with Crippen LogP contribution in [0.5, 0.6) is 0 Å². The maximum Gasteiger partial charge on any atom is 0.422 e. The quantitative estimate of drug-likeness (QED) is 0.918. The van der Waals surface area contributed by atoms with Crippen LogP contribution in [0.15, 0.2) is 28.7 Å². The maximum atomic E-state index is 11.8. The molecule has 0 spiro atoms. The summed E-state index contributed by atoms with van der Waals surface area (Å²) in [6.07, 6.45) is -5.62. The van der Waals surface area contributed by atoms with Gasteiger partial charge in [-0.05, 0) is 18.6 Å². The molecule has 18 heavy (non-hydrogen) atoms. The van der Waals surface area contributed by atoms with Gasteiger partial charge in [-0.2, -0.15) is 13.2 Å². The SMILES string of the molecule is C[C@H](NC(=O)OCC(F)(F)F)c1ccccc1Br. The summed E-state index contributed by atoms with van der Waals surface area (Å²) in [5.41, 5.74) is 0.751. The Balaban J connectivity index is 2.53. The summed E-state index contributed by atoms with van der Waals surface area (Å²) < 4.78 is 40.3. The Morgan fingerprint density at radius 2 is 2.06 bits per heavy atom. The molecular weight excluding hydrogens is 315 g/mol. The Labute approximate surface area is 110 Å². The van der Waals surface area contributed by atoms with Gasteiger partial charge in [0.2, 0.25) is 0 Å². The van der Waals surface area contributed by atoms with Crippen LogP contribution >= 0.6 is 15.9 Å². The molecule has 0 heterocycles. The minimum absolute atomic E-state index is 0.457. The number of carbonyl (C=O) groups is 1. The lowest BCUT2D eigenvalue weighted by Crippen LogP contribution is -2.31. The van der Waals surface area contributed by atoms with Crippen LogP contribution in [0.4, 0.5) is 18.0 Å². The van der Waals surface area contributed by atoms with Gasteiger partial charge in [-0.25, -0.2) is 4.79 Å². The minimum Gasteiger partial charge on any atom is -0.440 e. The molecule has 0 radical (unpaired) electrons. The molecule has 1 aromatic carbocycles. The van der Waals surface area contributed by atoms with Gasteiger partial charge in [0.25, 0.3) is 0 Å². The molecule has 0 saturated heterocycles. The molecule has 3 nitrogen and oxygen atoms in total. The van der Waals surface area contributed by atoms with Crippen molar-refractivity contribution in [3.63, 3.8) is 0 Å². The standard InChI is InChI=1S/C11H11BrF3NO2/c1-7(8-4-2-3-5-9(8)12)16-10(17)18-6-11(13,14)15/h2-5,7H,6H2,1H3,(H,16,17)/t7-/m0/s1. The zero-order valence-corrected chi connectivity index (χ0v) is 11.0. The first-order valence-electron chi connectivity index (χ1n) is 5.04. The van der Waals surface area contributed by atoms with E-state index in [0.717, 1.165) is 10.0 Å². The number of rotatable bonds is 3. The van der Waals surface area contributed by atoms with Gasteiger partial charge in [0.05, 0.1) is 6.04 Å².